The van der Waals surface area contributed by atoms with Crippen LogP contribution in [-0.2, 0) is 10.0 Å². The zero-order chi connectivity index (χ0) is 13.8. The molecule has 0 aliphatic carbocycles. The molecule has 1 atom stereocenters. The quantitative estimate of drug-likeness (QED) is 0.828. The van der Waals surface area contributed by atoms with E-state index in [0.29, 0.717) is 17.7 Å². The largest absolute Gasteiger partial charge is 0.396 e. The number of sulfonamides is 1. The van der Waals surface area contributed by atoms with Crippen LogP contribution in [0.2, 0.25) is 0 Å². The molecule has 1 rings (SSSR count). The molecule has 0 fully saturated rings. The van der Waals surface area contributed by atoms with E-state index in [9.17, 15) is 8.42 Å². The van der Waals surface area contributed by atoms with Crippen LogP contribution >= 0.6 is 0 Å². The van der Waals surface area contributed by atoms with Gasteiger partial charge in [0, 0.05) is 12.6 Å². The number of hydrogen-bond acceptors (Lipinski definition) is 3. The average Bonchev–Trinajstić information content (AvgIpc) is 2.29. The van der Waals surface area contributed by atoms with Gasteiger partial charge in [-0.25, -0.2) is 13.1 Å². The smallest absolute Gasteiger partial charge is 0.241 e. The third kappa shape index (κ3) is 4.08. The van der Waals surface area contributed by atoms with Crippen molar-refractivity contribution in [2.24, 2.45) is 0 Å². The molecular formula is C13H21NO3S. The second-order valence-corrected chi connectivity index (χ2v) is 6.34. The minimum atomic E-state index is -3.47. The van der Waals surface area contributed by atoms with E-state index in [4.69, 9.17) is 5.11 Å². The van der Waals surface area contributed by atoms with Gasteiger partial charge < -0.3 is 5.11 Å². The minimum absolute atomic E-state index is 0.0789. The number of rotatable bonds is 6. The maximum atomic E-state index is 12.2. The molecule has 1 aromatic carbocycles. The summed E-state index contributed by atoms with van der Waals surface area (Å²) in [6.45, 7) is 5.54. The Hall–Kier alpha value is -0.910. The predicted octanol–water partition coefficient (Wildman–Crippen LogP) is 1.74. The SMILES string of the molecule is Cc1ccc(C)c(S(=O)(=O)NC(C)CCCO)c1. The van der Waals surface area contributed by atoms with Crippen molar-refractivity contribution in [2.75, 3.05) is 6.61 Å². The molecule has 0 radical (unpaired) electrons. The summed E-state index contributed by atoms with van der Waals surface area (Å²) in [7, 11) is -3.47. The molecule has 5 heteroatoms. The first kappa shape index (κ1) is 15.1. The highest BCUT2D eigenvalue weighted by atomic mass is 32.2. The van der Waals surface area contributed by atoms with Crippen molar-refractivity contribution in [1.82, 2.24) is 4.72 Å². The molecule has 18 heavy (non-hydrogen) atoms. The van der Waals surface area contributed by atoms with E-state index >= 15 is 0 Å². The van der Waals surface area contributed by atoms with Crippen molar-refractivity contribution in [3.05, 3.63) is 29.3 Å². The van der Waals surface area contributed by atoms with Gasteiger partial charge in [0.25, 0.3) is 0 Å². The highest BCUT2D eigenvalue weighted by Gasteiger charge is 2.19. The van der Waals surface area contributed by atoms with E-state index in [1.54, 1.807) is 19.9 Å². The monoisotopic (exact) mass is 271 g/mol. The van der Waals surface area contributed by atoms with Crippen LogP contribution in [0.15, 0.2) is 23.1 Å². The van der Waals surface area contributed by atoms with Gasteiger partial charge in [0.1, 0.15) is 0 Å². The first-order valence-corrected chi connectivity index (χ1v) is 7.55. The van der Waals surface area contributed by atoms with Gasteiger partial charge in [0.2, 0.25) is 10.0 Å². The second kappa shape index (κ2) is 6.31. The van der Waals surface area contributed by atoms with E-state index in [-0.39, 0.29) is 12.6 Å². The van der Waals surface area contributed by atoms with Crippen molar-refractivity contribution in [2.45, 2.75) is 44.6 Å². The van der Waals surface area contributed by atoms with Crippen molar-refractivity contribution in [3.8, 4) is 0 Å². The number of benzene rings is 1. The van der Waals surface area contributed by atoms with Gasteiger partial charge in [-0.15, -0.1) is 0 Å². The van der Waals surface area contributed by atoms with Crippen LogP contribution in [0.25, 0.3) is 0 Å². The van der Waals surface area contributed by atoms with E-state index in [1.165, 1.54) is 0 Å². The van der Waals surface area contributed by atoms with E-state index in [2.05, 4.69) is 4.72 Å². The predicted molar refractivity (Wildman–Crippen MR) is 72.0 cm³/mol. The summed E-state index contributed by atoms with van der Waals surface area (Å²) >= 11 is 0. The van der Waals surface area contributed by atoms with Crippen LogP contribution < -0.4 is 4.72 Å². The molecule has 1 unspecified atom stereocenters. The highest BCUT2D eigenvalue weighted by Crippen LogP contribution is 2.17. The minimum Gasteiger partial charge on any atom is -0.396 e. The maximum absolute atomic E-state index is 12.2. The number of nitrogens with one attached hydrogen (secondary N) is 1. The Labute approximate surface area is 109 Å². The number of aliphatic hydroxyl groups is 1. The van der Waals surface area contributed by atoms with E-state index < -0.39 is 10.0 Å². The fraction of sp³-hybridized carbons (Fsp3) is 0.538. The van der Waals surface area contributed by atoms with Gasteiger partial charge in [-0.1, -0.05) is 12.1 Å². The molecule has 0 aliphatic heterocycles. The average molecular weight is 271 g/mol. The Kier molecular flexibility index (Phi) is 5.31. The summed E-state index contributed by atoms with van der Waals surface area (Å²) in [4.78, 5) is 0.332. The van der Waals surface area contributed by atoms with Crippen molar-refractivity contribution in [1.29, 1.82) is 0 Å². The lowest BCUT2D eigenvalue weighted by atomic mass is 10.2. The summed E-state index contributed by atoms with van der Waals surface area (Å²) in [5, 5.41) is 8.73. The Morgan fingerprint density at radius 1 is 1.33 bits per heavy atom. The molecule has 0 aromatic heterocycles. The molecule has 0 saturated carbocycles. The normalized spacial score (nSPS) is 13.6. The fourth-order valence-electron chi connectivity index (χ4n) is 1.78. The molecule has 2 N–H and O–H groups in total. The summed E-state index contributed by atoms with van der Waals surface area (Å²) in [6.07, 6.45) is 1.22. The topological polar surface area (TPSA) is 66.4 Å². The lowest BCUT2D eigenvalue weighted by molar-refractivity contribution is 0.279. The highest BCUT2D eigenvalue weighted by molar-refractivity contribution is 7.89. The van der Waals surface area contributed by atoms with Crippen LogP contribution in [0, 0.1) is 13.8 Å². The zero-order valence-corrected chi connectivity index (χ0v) is 11.9. The molecule has 0 bridgehead atoms. The van der Waals surface area contributed by atoms with Gasteiger partial charge in [0.05, 0.1) is 4.90 Å². The number of aliphatic hydroxyl groups excluding tert-OH is 1. The van der Waals surface area contributed by atoms with Crippen molar-refractivity contribution < 1.29 is 13.5 Å². The van der Waals surface area contributed by atoms with Crippen LogP contribution in [0.5, 0.6) is 0 Å². The molecule has 0 aliphatic rings. The summed E-state index contributed by atoms with van der Waals surface area (Å²) in [5.41, 5.74) is 1.66. The lowest BCUT2D eigenvalue weighted by Crippen LogP contribution is -2.33. The van der Waals surface area contributed by atoms with Gasteiger partial charge in [-0.3, -0.25) is 0 Å². The summed E-state index contributed by atoms with van der Waals surface area (Å²) in [5.74, 6) is 0. The summed E-state index contributed by atoms with van der Waals surface area (Å²) in [6, 6.07) is 5.20. The molecule has 0 amide bonds. The first-order chi connectivity index (χ1) is 8.36. The Balaban J connectivity index is 2.89. The van der Waals surface area contributed by atoms with Crippen LogP contribution in [-0.4, -0.2) is 26.2 Å². The molecular weight excluding hydrogens is 250 g/mol. The Bertz CT molecular complexity index is 497. The van der Waals surface area contributed by atoms with Gasteiger partial charge in [-0.05, 0) is 50.8 Å². The number of hydrogen-bond donors (Lipinski definition) is 2. The second-order valence-electron chi connectivity index (χ2n) is 4.66. The summed E-state index contributed by atoms with van der Waals surface area (Å²) < 4.78 is 27.0. The lowest BCUT2D eigenvalue weighted by Gasteiger charge is -2.15. The van der Waals surface area contributed by atoms with Crippen LogP contribution in [0.4, 0.5) is 0 Å². The van der Waals surface area contributed by atoms with Crippen LogP contribution in [0.3, 0.4) is 0 Å². The molecule has 0 spiro atoms. The standard InChI is InChI=1S/C13H21NO3S/c1-10-6-7-11(2)13(9-10)18(16,17)14-12(3)5-4-8-15/h6-7,9,12,14-15H,4-5,8H2,1-3H3. The number of aryl methyl sites for hydroxylation is 2. The van der Waals surface area contributed by atoms with Gasteiger partial charge >= 0.3 is 0 Å². The molecule has 0 saturated heterocycles. The fourth-order valence-corrected chi connectivity index (χ4v) is 3.39. The van der Waals surface area contributed by atoms with E-state index in [0.717, 1.165) is 11.1 Å². The van der Waals surface area contributed by atoms with Crippen molar-refractivity contribution >= 4 is 10.0 Å². The van der Waals surface area contributed by atoms with Gasteiger partial charge in [0.15, 0.2) is 0 Å². The first-order valence-electron chi connectivity index (χ1n) is 6.07. The van der Waals surface area contributed by atoms with E-state index in [1.807, 2.05) is 19.1 Å². The molecule has 1 aromatic rings. The zero-order valence-electron chi connectivity index (χ0n) is 11.1. The van der Waals surface area contributed by atoms with Crippen LogP contribution in [0.1, 0.15) is 30.9 Å². The molecule has 4 nitrogen and oxygen atoms in total. The molecule has 102 valence electrons. The maximum Gasteiger partial charge on any atom is 0.241 e. The Morgan fingerprint density at radius 3 is 2.61 bits per heavy atom. The third-order valence-electron chi connectivity index (χ3n) is 2.78. The van der Waals surface area contributed by atoms with Gasteiger partial charge in [-0.2, -0.15) is 0 Å². The third-order valence-corrected chi connectivity index (χ3v) is 4.52. The molecule has 0 heterocycles. The van der Waals surface area contributed by atoms with Crippen molar-refractivity contribution in [3.63, 3.8) is 0 Å². The Morgan fingerprint density at radius 2 is 2.00 bits per heavy atom.